The van der Waals surface area contributed by atoms with Crippen molar-refractivity contribution in [3.05, 3.63) is 23.8 Å². The van der Waals surface area contributed by atoms with Crippen LogP contribution in [-0.2, 0) is 20.9 Å². The van der Waals surface area contributed by atoms with E-state index in [1.54, 1.807) is 12.0 Å². The fourth-order valence-corrected chi connectivity index (χ4v) is 3.22. The van der Waals surface area contributed by atoms with E-state index in [-0.39, 0.29) is 19.1 Å². The molecule has 7 heteroatoms. The molecule has 7 nitrogen and oxygen atoms in total. The number of methoxy groups -OCH3 is 1. The summed E-state index contributed by atoms with van der Waals surface area (Å²) in [6.45, 7) is 1.40. The Hall–Kier alpha value is -2.28. The van der Waals surface area contributed by atoms with Gasteiger partial charge in [-0.25, -0.2) is 0 Å². The van der Waals surface area contributed by atoms with Gasteiger partial charge in [-0.2, -0.15) is 0 Å². The predicted octanol–water partition coefficient (Wildman–Crippen LogP) is 2.04. The van der Waals surface area contributed by atoms with Crippen molar-refractivity contribution in [1.82, 2.24) is 4.90 Å². The van der Waals surface area contributed by atoms with E-state index in [1.165, 1.54) is 0 Å². The van der Waals surface area contributed by atoms with Gasteiger partial charge in [-0.15, -0.1) is 0 Å². The SMILES string of the molecule is COCCN(Cc1ccc2c(c1)OCO2)C(=O)CC1(C(=O)O)CCC1. The van der Waals surface area contributed by atoms with E-state index in [0.717, 1.165) is 12.0 Å². The molecule has 2 aliphatic rings. The first-order chi connectivity index (χ1) is 12.0. The molecule has 0 spiro atoms. The van der Waals surface area contributed by atoms with Gasteiger partial charge >= 0.3 is 5.97 Å². The molecule has 0 bridgehead atoms. The lowest BCUT2D eigenvalue weighted by molar-refractivity contribution is -0.159. The summed E-state index contributed by atoms with van der Waals surface area (Å²) in [7, 11) is 1.58. The van der Waals surface area contributed by atoms with Crippen molar-refractivity contribution in [3.63, 3.8) is 0 Å². The van der Waals surface area contributed by atoms with Gasteiger partial charge in [0.2, 0.25) is 12.7 Å². The van der Waals surface area contributed by atoms with Gasteiger partial charge in [0.1, 0.15) is 0 Å². The number of benzene rings is 1. The lowest BCUT2D eigenvalue weighted by atomic mass is 9.66. The fraction of sp³-hybridized carbons (Fsp3) is 0.556. The number of fused-ring (bicyclic) bond motifs is 1. The van der Waals surface area contributed by atoms with Crippen LogP contribution >= 0.6 is 0 Å². The van der Waals surface area contributed by atoms with Crippen molar-refractivity contribution in [1.29, 1.82) is 0 Å². The number of carboxylic acid groups (broad SMARTS) is 1. The maximum Gasteiger partial charge on any atom is 0.310 e. The Bertz CT molecular complexity index is 655. The molecule has 1 aromatic carbocycles. The van der Waals surface area contributed by atoms with Gasteiger partial charge in [0.25, 0.3) is 0 Å². The zero-order valence-corrected chi connectivity index (χ0v) is 14.3. The predicted molar refractivity (Wildman–Crippen MR) is 88.4 cm³/mol. The summed E-state index contributed by atoms with van der Waals surface area (Å²) in [5.74, 6) is 0.328. The van der Waals surface area contributed by atoms with Crippen LogP contribution in [0.1, 0.15) is 31.2 Å². The highest BCUT2D eigenvalue weighted by atomic mass is 16.7. The number of aliphatic carboxylic acids is 1. The molecule has 0 aromatic heterocycles. The monoisotopic (exact) mass is 349 g/mol. The molecule has 136 valence electrons. The highest BCUT2D eigenvalue weighted by Gasteiger charge is 2.46. The third-order valence-corrected chi connectivity index (χ3v) is 4.98. The van der Waals surface area contributed by atoms with Crippen LogP contribution in [-0.4, -0.2) is 48.9 Å². The molecule has 0 atom stereocenters. The molecule has 0 saturated heterocycles. The van der Waals surface area contributed by atoms with E-state index in [0.29, 0.717) is 44.0 Å². The lowest BCUT2D eigenvalue weighted by Crippen LogP contribution is -2.44. The number of carbonyl (C=O) groups is 2. The number of hydrogen-bond donors (Lipinski definition) is 1. The van der Waals surface area contributed by atoms with Crippen molar-refractivity contribution in [2.45, 2.75) is 32.2 Å². The standard InChI is InChI=1S/C18H23NO6/c1-23-8-7-19(16(20)10-18(17(21)22)5-2-6-18)11-13-3-4-14-15(9-13)25-12-24-14/h3-4,9H,2,5-8,10-12H2,1H3,(H,21,22). The van der Waals surface area contributed by atoms with Crippen molar-refractivity contribution in [3.8, 4) is 11.5 Å². The average molecular weight is 349 g/mol. The second-order valence-electron chi connectivity index (χ2n) is 6.61. The van der Waals surface area contributed by atoms with Crippen LogP contribution in [0.5, 0.6) is 11.5 Å². The van der Waals surface area contributed by atoms with E-state index in [2.05, 4.69) is 0 Å². The van der Waals surface area contributed by atoms with Crippen LogP contribution in [0, 0.1) is 5.41 Å². The molecule has 1 aromatic rings. The zero-order chi connectivity index (χ0) is 17.9. The van der Waals surface area contributed by atoms with E-state index < -0.39 is 11.4 Å². The van der Waals surface area contributed by atoms with Crippen LogP contribution in [0.25, 0.3) is 0 Å². The molecule has 1 amide bonds. The van der Waals surface area contributed by atoms with Gasteiger partial charge in [-0.05, 0) is 30.5 Å². The largest absolute Gasteiger partial charge is 0.481 e. The summed E-state index contributed by atoms with van der Waals surface area (Å²) < 4.78 is 15.8. The Balaban J connectivity index is 1.70. The highest BCUT2D eigenvalue weighted by molar-refractivity contribution is 5.85. The van der Waals surface area contributed by atoms with Crippen LogP contribution in [0.2, 0.25) is 0 Å². The molecule has 1 aliphatic heterocycles. The number of ether oxygens (including phenoxy) is 3. The summed E-state index contributed by atoms with van der Waals surface area (Å²) in [5, 5.41) is 9.46. The number of carbonyl (C=O) groups excluding carboxylic acids is 1. The van der Waals surface area contributed by atoms with Crippen LogP contribution in [0.4, 0.5) is 0 Å². The van der Waals surface area contributed by atoms with Crippen LogP contribution < -0.4 is 9.47 Å². The molecule has 1 saturated carbocycles. The van der Waals surface area contributed by atoms with E-state index in [4.69, 9.17) is 14.2 Å². The van der Waals surface area contributed by atoms with Gasteiger partial charge in [0, 0.05) is 26.6 Å². The summed E-state index contributed by atoms with van der Waals surface area (Å²) in [6.07, 6.45) is 2.03. The Morgan fingerprint density at radius 1 is 1.28 bits per heavy atom. The van der Waals surface area contributed by atoms with Crippen molar-refractivity contribution in [2.75, 3.05) is 27.1 Å². The topological polar surface area (TPSA) is 85.3 Å². The Morgan fingerprint density at radius 2 is 2.04 bits per heavy atom. The first-order valence-electron chi connectivity index (χ1n) is 8.43. The minimum Gasteiger partial charge on any atom is -0.481 e. The minimum absolute atomic E-state index is 0.0383. The van der Waals surface area contributed by atoms with Crippen molar-refractivity contribution < 1.29 is 28.9 Å². The van der Waals surface area contributed by atoms with Gasteiger partial charge < -0.3 is 24.2 Å². The highest BCUT2D eigenvalue weighted by Crippen LogP contribution is 2.44. The van der Waals surface area contributed by atoms with Gasteiger partial charge in [0.15, 0.2) is 11.5 Å². The molecule has 0 radical (unpaired) electrons. The molecule has 1 heterocycles. The second-order valence-corrected chi connectivity index (χ2v) is 6.61. The quantitative estimate of drug-likeness (QED) is 0.773. The molecule has 1 N–H and O–H groups in total. The maximum absolute atomic E-state index is 12.8. The summed E-state index contributed by atoms with van der Waals surface area (Å²) >= 11 is 0. The zero-order valence-electron chi connectivity index (χ0n) is 14.3. The third kappa shape index (κ3) is 3.71. The molecule has 0 unspecified atom stereocenters. The van der Waals surface area contributed by atoms with Gasteiger partial charge in [0.05, 0.1) is 12.0 Å². The molecular formula is C18H23NO6. The van der Waals surface area contributed by atoms with E-state index in [9.17, 15) is 14.7 Å². The maximum atomic E-state index is 12.8. The Kier molecular flexibility index (Phi) is 5.13. The first kappa shape index (κ1) is 17.5. The van der Waals surface area contributed by atoms with Crippen LogP contribution in [0.3, 0.4) is 0 Å². The number of hydrogen-bond acceptors (Lipinski definition) is 5. The van der Waals surface area contributed by atoms with Crippen LogP contribution in [0.15, 0.2) is 18.2 Å². The average Bonchev–Trinajstić information content (AvgIpc) is 3.01. The molecule has 3 rings (SSSR count). The molecule has 1 aliphatic carbocycles. The van der Waals surface area contributed by atoms with E-state index in [1.807, 2.05) is 18.2 Å². The van der Waals surface area contributed by atoms with Crippen molar-refractivity contribution in [2.24, 2.45) is 5.41 Å². The van der Waals surface area contributed by atoms with Gasteiger partial charge in [-0.1, -0.05) is 12.5 Å². The molecule has 1 fully saturated rings. The Labute approximate surface area is 146 Å². The van der Waals surface area contributed by atoms with Gasteiger partial charge in [-0.3, -0.25) is 9.59 Å². The lowest BCUT2D eigenvalue weighted by Gasteiger charge is -2.38. The normalized spacial score (nSPS) is 17.0. The number of amides is 1. The van der Waals surface area contributed by atoms with Crippen molar-refractivity contribution >= 4 is 11.9 Å². The minimum atomic E-state index is -0.892. The smallest absolute Gasteiger partial charge is 0.310 e. The summed E-state index contributed by atoms with van der Waals surface area (Å²) in [6, 6.07) is 5.56. The summed E-state index contributed by atoms with van der Waals surface area (Å²) in [4.78, 5) is 25.9. The first-order valence-corrected chi connectivity index (χ1v) is 8.43. The fourth-order valence-electron chi connectivity index (χ4n) is 3.22. The Morgan fingerprint density at radius 3 is 2.68 bits per heavy atom. The second kappa shape index (κ2) is 7.31. The molecular weight excluding hydrogens is 326 g/mol. The summed E-state index contributed by atoms with van der Waals surface area (Å²) in [5.41, 5.74) is 0.0174. The number of rotatable bonds is 8. The number of carboxylic acids is 1. The molecule has 25 heavy (non-hydrogen) atoms. The number of nitrogens with zero attached hydrogens (tertiary/aromatic N) is 1. The van der Waals surface area contributed by atoms with E-state index >= 15 is 0 Å². The third-order valence-electron chi connectivity index (χ3n) is 4.98.